The van der Waals surface area contributed by atoms with Gasteiger partial charge in [-0.2, -0.15) is 0 Å². The number of hydrogen-bond donors (Lipinski definition) is 1. The molecule has 0 aliphatic carbocycles. The average Bonchev–Trinajstić information content (AvgIpc) is 3.14. The van der Waals surface area contributed by atoms with Crippen LogP contribution in [0.3, 0.4) is 0 Å². The molecule has 0 spiro atoms. The summed E-state index contributed by atoms with van der Waals surface area (Å²) in [7, 11) is -3.66. The lowest BCUT2D eigenvalue weighted by molar-refractivity contribution is 0.101. The monoisotopic (exact) mass is 399 g/mol. The first-order valence-corrected chi connectivity index (χ1v) is 10.4. The fourth-order valence-corrected chi connectivity index (χ4v) is 5.00. The van der Waals surface area contributed by atoms with Crippen LogP contribution in [0.5, 0.6) is 0 Å². The summed E-state index contributed by atoms with van der Waals surface area (Å²) in [5.74, 6) is -0.460. The number of carbonyl (C=O) groups is 2. The molecule has 1 heterocycles. The van der Waals surface area contributed by atoms with E-state index in [2.05, 4.69) is 5.32 Å². The fraction of sp³-hybridized carbons (Fsp3) is 0.100. The van der Waals surface area contributed by atoms with Crippen LogP contribution in [-0.2, 0) is 9.84 Å². The molecule has 0 saturated heterocycles. The molecule has 3 rings (SSSR count). The highest BCUT2D eigenvalue weighted by atomic mass is 32.2. The molecule has 0 fully saturated rings. The summed E-state index contributed by atoms with van der Waals surface area (Å²) in [5.41, 5.74) is 2.05. The van der Waals surface area contributed by atoms with Crippen molar-refractivity contribution in [1.82, 2.24) is 0 Å². The molecule has 0 bridgehead atoms. The van der Waals surface area contributed by atoms with Crippen LogP contribution in [0.1, 0.15) is 32.5 Å². The van der Waals surface area contributed by atoms with Crippen LogP contribution in [0.4, 0.5) is 5.69 Å². The largest absolute Gasteiger partial charge is 0.321 e. The van der Waals surface area contributed by atoms with Crippen molar-refractivity contribution in [2.24, 2.45) is 0 Å². The van der Waals surface area contributed by atoms with Gasteiger partial charge in [0.1, 0.15) is 4.21 Å². The van der Waals surface area contributed by atoms with Gasteiger partial charge in [-0.3, -0.25) is 9.59 Å². The predicted molar refractivity (Wildman–Crippen MR) is 105 cm³/mol. The van der Waals surface area contributed by atoms with E-state index in [1.165, 1.54) is 19.1 Å². The average molecular weight is 399 g/mol. The van der Waals surface area contributed by atoms with Crippen LogP contribution in [0, 0.1) is 6.92 Å². The van der Waals surface area contributed by atoms with Gasteiger partial charge in [0.25, 0.3) is 5.91 Å². The van der Waals surface area contributed by atoms with E-state index in [4.69, 9.17) is 0 Å². The minimum Gasteiger partial charge on any atom is -0.321 e. The normalized spacial score (nSPS) is 11.2. The van der Waals surface area contributed by atoms with E-state index >= 15 is 0 Å². The summed E-state index contributed by atoms with van der Waals surface area (Å²) in [5, 5.41) is 2.70. The first kappa shape index (κ1) is 19.0. The molecule has 0 unspecified atom stereocenters. The van der Waals surface area contributed by atoms with Gasteiger partial charge in [-0.25, -0.2) is 8.42 Å². The maximum atomic E-state index is 12.7. The van der Waals surface area contributed by atoms with E-state index in [1.807, 2.05) is 6.92 Å². The Kier molecular flexibility index (Phi) is 5.25. The van der Waals surface area contributed by atoms with E-state index < -0.39 is 15.7 Å². The second-order valence-electron chi connectivity index (χ2n) is 6.02. The molecule has 1 amide bonds. The molecule has 0 saturated carbocycles. The summed E-state index contributed by atoms with van der Waals surface area (Å²) in [6.07, 6.45) is 0. The smallest absolute Gasteiger partial charge is 0.265 e. The SMILES string of the molecule is CC(=O)c1ccc(NC(=O)c2ccc(S(=O)(=O)c3ccc(C)cc3)s2)cc1. The summed E-state index contributed by atoms with van der Waals surface area (Å²) in [6, 6.07) is 16.0. The van der Waals surface area contributed by atoms with Crippen LogP contribution in [0.2, 0.25) is 0 Å². The highest BCUT2D eigenvalue weighted by molar-refractivity contribution is 7.93. The fourth-order valence-electron chi connectivity index (χ4n) is 2.40. The topological polar surface area (TPSA) is 80.3 Å². The second-order valence-corrected chi connectivity index (χ2v) is 9.28. The van der Waals surface area contributed by atoms with Gasteiger partial charge in [-0.1, -0.05) is 17.7 Å². The van der Waals surface area contributed by atoms with Gasteiger partial charge in [0.2, 0.25) is 9.84 Å². The molecular formula is C20H17NO4S2. The van der Waals surface area contributed by atoms with Crippen LogP contribution < -0.4 is 5.32 Å². The Morgan fingerprint density at radius 1 is 0.889 bits per heavy atom. The Labute approximate surface area is 161 Å². The van der Waals surface area contributed by atoms with Crippen LogP contribution in [-0.4, -0.2) is 20.1 Å². The van der Waals surface area contributed by atoms with Crippen molar-refractivity contribution in [1.29, 1.82) is 0 Å². The van der Waals surface area contributed by atoms with Crippen molar-refractivity contribution in [3.8, 4) is 0 Å². The number of thiophene rings is 1. The number of benzene rings is 2. The van der Waals surface area contributed by atoms with E-state index in [9.17, 15) is 18.0 Å². The van der Waals surface area contributed by atoms with Crippen LogP contribution >= 0.6 is 11.3 Å². The Balaban J connectivity index is 1.79. The summed E-state index contributed by atoms with van der Waals surface area (Å²) < 4.78 is 25.5. The summed E-state index contributed by atoms with van der Waals surface area (Å²) in [6.45, 7) is 3.35. The van der Waals surface area contributed by atoms with E-state index in [0.717, 1.165) is 16.9 Å². The second kappa shape index (κ2) is 7.46. The predicted octanol–water partition coefficient (Wildman–Crippen LogP) is 4.34. The first-order chi connectivity index (χ1) is 12.8. The van der Waals surface area contributed by atoms with Crippen molar-refractivity contribution in [3.05, 3.63) is 76.7 Å². The zero-order valence-corrected chi connectivity index (χ0v) is 16.4. The van der Waals surface area contributed by atoms with Crippen molar-refractivity contribution in [2.75, 3.05) is 5.32 Å². The van der Waals surface area contributed by atoms with E-state index in [1.54, 1.807) is 48.5 Å². The zero-order valence-electron chi connectivity index (χ0n) is 14.7. The van der Waals surface area contributed by atoms with Gasteiger partial charge in [0.05, 0.1) is 9.77 Å². The van der Waals surface area contributed by atoms with Gasteiger partial charge in [-0.05, 0) is 62.4 Å². The molecule has 1 N–H and O–H groups in total. The number of aryl methyl sites for hydroxylation is 1. The molecule has 1 aromatic heterocycles. The number of Topliss-reactive ketones (excluding diaryl/α,β-unsaturated/α-hetero) is 1. The Morgan fingerprint density at radius 3 is 2.11 bits per heavy atom. The molecule has 5 nitrogen and oxygen atoms in total. The van der Waals surface area contributed by atoms with Crippen LogP contribution in [0.15, 0.2) is 69.8 Å². The number of anilines is 1. The quantitative estimate of drug-likeness (QED) is 0.647. The Bertz CT molecular complexity index is 1100. The number of nitrogens with one attached hydrogen (secondary N) is 1. The molecular weight excluding hydrogens is 382 g/mol. The van der Waals surface area contributed by atoms with Crippen molar-refractivity contribution in [2.45, 2.75) is 23.0 Å². The standard InChI is InChI=1S/C20H17NO4S2/c1-13-3-9-17(10-4-13)27(24,25)19-12-11-18(26-19)20(23)21-16-7-5-15(6-8-16)14(2)22/h3-12H,1-2H3,(H,21,23). The zero-order chi connectivity index (χ0) is 19.6. The third-order valence-corrected chi connectivity index (χ3v) is 7.30. The van der Waals surface area contributed by atoms with Gasteiger partial charge >= 0.3 is 0 Å². The highest BCUT2D eigenvalue weighted by Gasteiger charge is 2.21. The Hall–Kier alpha value is -2.77. The summed E-state index contributed by atoms with van der Waals surface area (Å²) >= 11 is 0.920. The molecule has 0 aliphatic heterocycles. The number of carbonyl (C=O) groups excluding carboxylic acids is 2. The minimum atomic E-state index is -3.66. The molecule has 2 aromatic carbocycles. The lowest BCUT2D eigenvalue weighted by Crippen LogP contribution is -2.10. The number of amides is 1. The lowest BCUT2D eigenvalue weighted by atomic mass is 10.1. The third kappa shape index (κ3) is 4.15. The first-order valence-electron chi connectivity index (χ1n) is 8.11. The molecule has 0 atom stereocenters. The number of sulfone groups is 1. The molecule has 27 heavy (non-hydrogen) atoms. The summed E-state index contributed by atoms with van der Waals surface area (Å²) in [4.78, 5) is 24.2. The molecule has 3 aromatic rings. The van der Waals surface area contributed by atoms with Gasteiger partial charge in [0, 0.05) is 11.3 Å². The molecule has 0 aliphatic rings. The number of hydrogen-bond acceptors (Lipinski definition) is 5. The van der Waals surface area contributed by atoms with Crippen molar-refractivity contribution in [3.63, 3.8) is 0 Å². The van der Waals surface area contributed by atoms with E-state index in [0.29, 0.717) is 11.3 Å². The van der Waals surface area contributed by atoms with Gasteiger partial charge < -0.3 is 5.32 Å². The molecule has 138 valence electrons. The third-order valence-electron chi connectivity index (χ3n) is 3.95. The number of ketones is 1. The lowest BCUT2D eigenvalue weighted by Gasteiger charge is -2.04. The van der Waals surface area contributed by atoms with Crippen molar-refractivity contribution >= 4 is 38.6 Å². The molecule has 7 heteroatoms. The van der Waals surface area contributed by atoms with Gasteiger partial charge in [0.15, 0.2) is 5.78 Å². The maximum absolute atomic E-state index is 12.7. The van der Waals surface area contributed by atoms with E-state index in [-0.39, 0.29) is 19.8 Å². The van der Waals surface area contributed by atoms with Crippen molar-refractivity contribution < 1.29 is 18.0 Å². The molecule has 0 radical (unpaired) electrons. The van der Waals surface area contributed by atoms with Gasteiger partial charge in [-0.15, -0.1) is 11.3 Å². The van der Waals surface area contributed by atoms with Crippen LogP contribution in [0.25, 0.3) is 0 Å². The minimum absolute atomic E-state index is 0.0583. The maximum Gasteiger partial charge on any atom is 0.265 e. The highest BCUT2D eigenvalue weighted by Crippen LogP contribution is 2.28. The number of rotatable bonds is 5. The Morgan fingerprint density at radius 2 is 1.52 bits per heavy atom.